The lowest BCUT2D eigenvalue weighted by Gasteiger charge is -2.10. The number of ether oxygens (including phenoxy) is 1. The predicted molar refractivity (Wildman–Crippen MR) is 96.5 cm³/mol. The molecule has 2 aromatic carbocycles. The molecule has 7 heteroatoms. The molecule has 0 aliphatic heterocycles. The van der Waals surface area contributed by atoms with E-state index in [1.165, 1.54) is 12.1 Å². The molecular weight excluding hydrogens is 336 g/mol. The van der Waals surface area contributed by atoms with Crippen LogP contribution in [0.1, 0.15) is 21.5 Å². The third kappa shape index (κ3) is 5.70. The molecule has 0 atom stereocenters. The Balaban J connectivity index is 1.70. The van der Waals surface area contributed by atoms with Crippen LogP contribution in [0.15, 0.2) is 36.4 Å². The van der Waals surface area contributed by atoms with Crippen LogP contribution in [-0.2, 0) is 4.79 Å². The Labute approximate surface area is 151 Å². The number of aromatic hydroxyl groups is 2. The van der Waals surface area contributed by atoms with Gasteiger partial charge in [-0.1, -0.05) is 17.7 Å². The Morgan fingerprint density at radius 1 is 0.962 bits per heavy atom. The molecule has 2 rings (SSSR count). The number of aryl methyl sites for hydroxylation is 2. The summed E-state index contributed by atoms with van der Waals surface area (Å²) in [7, 11) is 0. The summed E-state index contributed by atoms with van der Waals surface area (Å²) in [6.45, 7) is 4.21. The number of carbonyl (C=O) groups is 2. The van der Waals surface area contributed by atoms with E-state index in [0.717, 1.165) is 17.2 Å². The molecule has 0 heterocycles. The first kappa shape index (κ1) is 19.1. The molecule has 0 unspecified atom stereocenters. The Morgan fingerprint density at radius 3 is 2.27 bits per heavy atom. The third-order valence-corrected chi connectivity index (χ3v) is 3.59. The fourth-order valence-corrected chi connectivity index (χ4v) is 2.36. The maximum absolute atomic E-state index is 11.9. The van der Waals surface area contributed by atoms with Crippen molar-refractivity contribution in [1.29, 1.82) is 0 Å². The van der Waals surface area contributed by atoms with E-state index in [2.05, 4.69) is 10.6 Å². The van der Waals surface area contributed by atoms with E-state index in [0.29, 0.717) is 5.75 Å². The first-order valence-corrected chi connectivity index (χ1v) is 8.13. The zero-order valence-electron chi connectivity index (χ0n) is 14.7. The molecule has 0 saturated carbocycles. The van der Waals surface area contributed by atoms with Crippen LogP contribution in [0.4, 0.5) is 0 Å². The first-order valence-electron chi connectivity index (χ1n) is 8.13. The Bertz CT molecular complexity index is 784. The van der Waals surface area contributed by atoms with Gasteiger partial charge in [0.2, 0.25) is 0 Å². The van der Waals surface area contributed by atoms with Gasteiger partial charge >= 0.3 is 0 Å². The van der Waals surface area contributed by atoms with Crippen LogP contribution in [0.3, 0.4) is 0 Å². The number of phenols is 2. The number of rotatable bonds is 7. The van der Waals surface area contributed by atoms with Gasteiger partial charge in [0, 0.05) is 24.7 Å². The fraction of sp³-hybridized carbons (Fsp3) is 0.263. The van der Waals surface area contributed by atoms with E-state index in [1.807, 2.05) is 32.0 Å². The van der Waals surface area contributed by atoms with Crippen molar-refractivity contribution in [2.24, 2.45) is 0 Å². The van der Waals surface area contributed by atoms with Gasteiger partial charge in [-0.15, -0.1) is 0 Å². The standard InChI is InChI=1S/C19H22N2O5/c1-12-3-4-17(13(2)7-12)26-11-18(24)20-5-6-21-19(25)14-8-15(22)10-16(23)9-14/h3-4,7-10,22-23H,5-6,11H2,1-2H3,(H,20,24)(H,21,25). The Kier molecular flexibility index (Phi) is 6.43. The quantitative estimate of drug-likeness (QED) is 0.563. The monoisotopic (exact) mass is 358 g/mol. The van der Waals surface area contributed by atoms with Gasteiger partial charge < -0.3 is 25.6 Å². The Hall–Kier alpha value is -3.22. The van der Waals surface area contributed by atoms with Crippen molar-refractivity contribution in [3.05, 3.63) is 53.1 Å². The normalized spacial score (nSPS) is 10.2. The summed E-state index contributed by atoms with van der Waals surface area (Å²) in [5.74, 6) is -0.507. The van der Waals surface area contributed by atoms with E-state index < -0.39 is 5.91 Å². The number of benzene rings is 2. The number of phenolic OH excluding ortho intramolecular Hbond substituents is 2. The minimum absolute atomic E-state index is 0.113. The van der Waals surface area contributed by atoms with E-state index in [-0.39, 0.29) is 42.7 Å². The summed E-state index contributed by atoms with van der Waals surface area (Å²) >= 11 is 0. The molecule has 0 bridgehead atoms. The highest BCUT2D eigenvalue weighted by molar-refractivity contribution is 5.95. The molecule has 0 fully saturated rings. The predicted octanol–water partition coefficient (Wildman–Crippen LogP) is 1.64. The van der Waals surface area contributed by atoms with Crippen molar-refractivity contribution in [1.82, 2.24) is 10.6 Å². The largest absolute Gasteiger partial charge is 0.508 e. The molecule has 138 valence electrons. The summed E-state index contributed by atoms with van der Waals surface area (Å²) in [6, 6.07) is 9.32. The molecule has 7 nitrogen and oxygen atoms in total. The lowest BCUT2D eigenvalue weighted by molar-refractivity contribution is -0.123. The molecule has 2 amide bonds. The second-order valence-electron chi connectivity index (χ2n) is 5.90. The lowest BCUT2D eigenvalue weighted by Crippen LogP contribution is -2.36. The first-order chi connectivity index (χ1) is 12.3. The van der Waals surface area contributed by atoms with E-state index >= 15 is 0 Å². The van der Waals surface area contributed by atoms with Crippen LogP contribution in [0.5, 0.6) is 17.2 Å². The average Bonchev–Trinajstić information content (AvgIpc) is 2.57. The molecule has 26 heavy (non-hydrogen) atoms. The fourth-order valence-electron chi connectivity index (χ4n) is 2.36. The van der Waals surface area contributed by atoms with Crippen molar-refractivity contribution >= 4 is 11.8 Å². The number of hydrogen-bond acceptors (Lipinski definition) is 5. The van der Waals surface area contributed by atoms with Gasteiger partial charge in [0.15, 0.2) is 6.61 Å². The number of amides is 2. The van der Waals surface area contributed by atoms with E-state index in [1.54, 1.807) is 0 Å². The highest BCUT2D eigenvalue weighted by Gasteiger charge is 2.09. The summed E-state index contributed by atoms with van der Waals surface area (Å²) < 4.78 is 5.47. The molecule has 0 aliphatic rings. The minimum atomic E-state index is -0.461. The molecule has 0 saturated heterocycles. The van der Waals surface area contributed by atoms with Crippen molar-refractivity contribution in [2.75, 3.05) is 19.7 Å². The summed E-state index contributed by atoms with van der Waals surface area (Å²) in [5.41, 5.74) is 2.21. The topological polar surface area (TPSA) is 108 Å². The van der Waals surface area contributed by atoms with Gasteiger partial charge in [-0.05, 0) is 37.6 Å². The van der Waals surface area contributed by atoms with Gasteiger partial charge in [0.1, 0.15) is 17.2 Å². The zero-order valence-corrected chi connectivity index (χ0v) is 14.7. The van der Waals surface area contributed by atoms with Crippen LogP contribution in [-0.4, -0.2) is 41.7 Å². The van der Waals surface area contributed by atoms with Crippen LogP contribution in [0.25, 0.3) is 0 Å². The SMILES string of the molecule is Cc1ccc(OCC(=O)NCCNC(=O)c2cc(O)cc(O)c2)c(C)c1. The lowest BCUT2D eigenvalue weighted by atomic mass is 10.1. The Morgan fingerprint density at radius 2 is 1.62 bits per heavy atom. The van der Waals surface area contributed by atoms with Crippen molar-refractivity contribution in [3.63, 3.8) is 0 Å². The van der Waals surface area contributed by atoms with Crippen LogP contribution < -0.4 is 15.4 Å². The third-order valence-electron chi connectivity index (χ3n) is 3.59. The number of nitrogens with one attached hydrogen (secondary N) is 2. The average molecular weight is 358 g/mol. The van der Waals surface area contributed by atoms with Gasteiger partial charge in [0.05, 0.1) is 0 Å². The zero-order chi connectivity index (χ0) is 19.1. The van der Waals surface area contributed by atoms with Crippen molar-refractivity contribution in [2.45, 2.75) is 13.8 Å². The summed E-state index contributed by atoms with van der Waals surface area (Å²) in [4.78, 5) is 23.7. The molecule has 0 radical (unpaired) electrons. The molecule has 2 aromatic rings. The van der Waals surface area contributed by atoms with Gasteiger partial charge in [-0.3, -0.25) is 9.59 Å². The van der Waals surface area contributed by atoms with Crippen molar-refractivity contribution in [3.8, 4) is 17.2 Å². The van der Waals surface area contributed by atoms with E-state index in [9.17, 15) is 19.8 Å². The molecule has 4 N–H and O–H groups in total. The second-order valence-corrected chi connectivity index (χ2v) is 5.90. The van der Waals surface area contributed by atoms with Crippen molar-refractivity contribution < 1.29 is 24.5 Å². The minimum Gasteiger partial charge on any atom is -0.508 e. The van der Waals surface area contributed by atoms with Gasteiger partial charge in [-0.2, -0.15) is 0 Å². The van der Waals surface area contributed by atoms with Crippen LogP contribution in [0, 0.1) is 13.8 Å². The maximum Gasteiger partial charge on any atom is 0.258 e. The summed E-state index contributed by atoms with van der Waals surface area (Å²) in [5, 5.41) is 23.9. The molecule has 0 aromatic heterocycles. The highest BCUT2D eigenvalue weighted by atomic mass is 16.5. The van der Waals surface area contributed by atoms with E-state index in [4.69, 9.17) is 4.74 Å². The van der Waals surface area contributed by atoms with Gasteiger partial charge in [-0.25, -0.2) is 0 Å². The number of hydrogen-bond donors (Lipinski definition) is 4. The maximum atomic E-state index is 11.9. The highest BCUT2D eigenvalue weighted by Crippen LogP contribution is 2.20. The summed E-state index contributed by atoms with van der Waals surface area (Å²) in [6.07, 6.45) is 0. The molecule has 0 aliphatic carbocycles. The molecular formula is C19H22N2O5. The smallest absolute Gasteiger partial charge is 0.258 e. The van der Waals surface area contributed by atoms with Gasteiger partial charge in [0.25, 0.3) is 11.8 Å². The van der Waals surface area contributed by atoms with Crippen LogP contribution in [0.2, 0.25) is 0 Å². The number of carbonyl (C=O) groups excluding carboxylic acids is 2. The second kappa shape index (κ2) is 8.75. The van der Waals surface area contributed by atoms with Crippen LogP contribution >= 0.6 is 0 Å². The molecule has 0 spiro atoms.